The summed E-state index contributed by atoms with van der Waals surface area (Å²) in [7, 11) is 1.67. The van der Waals surface area contributed by atoms with E-state index in [1.165, 1.54) is 0 Å². The van der Waals surface area contributed by atoms with Gasteiger partial charge in [-0.1, -0.05) is 48.5 Å². The van der Waals surface area contributed by atoms with Crippen LogP contribution in [0.25, 0.3) is 0 Å². The van der Waals surface area contributed by atoms with Gasteiger partial charge in [0.15, 0.2) is 5.78 Å². The van der Waals surface area contributed by atoms with E-state index in [1.807, 2.05) is 18.2 Å². The Kier molecular flexibility index (Phi) is 6.47. The second kappa shape index (κ2) is 9.43. The molecule has 2 N–H and O–H groups in total. The van der Waals surface area contributed by atoms with Crippen LogP contribution in [0.5, 0.6) is 0 Å². The van der Waals surface area contributed by atoms with Crippen LogP contribution in [0.3, 0.4) is 0 Å². The molecule has 2 amide bonds. The third-order valence-corrected chi connectivity index (χ3v) is 6.47. The number of carbonyl (C=O) groups excluding carboxylic acids is 3. The summed E-state index contributed by atoms with van der Waals surface area (Å²) < 4.78 is 5.32. The van der Waals surface area contributed by atoms with Crippen molar-refractivity contribution in [3.63, 3.8) is 0 Å². The molecule has 0 bridgehead atoms. The predicted molar refractivity (Wildman–Crippen MR) is 117 cm³/mol. The van der Waals surface area contributed by atoms with Crippen LogP contribution in [0, 0.1) is 11.8 Å². The van der Waals surface area contributed by atoms with E-state index in [-0.39, 0.29) is 35.6 Å². The molecule has 162 valence electrons. The van der Waals surface area contributed by atoms with Crippen molar-refractivity contribution >= 4 is 17.6 Å². The van der Waals surface area contributed by atoms with Crippen molar-refractivity contribution < 1.29 is 19.1 Å². The lowest BCUT2D eigenvalue weighted by Crippen LogP contribution is -2.56. The summed E-state index contributed by atoms with van der Waals surface area (Å²) in [6, 6.07) is 15.9. The maximum absolute atomic E-state index is 13.1. The van der Waals surface area contributed by atoms with Crippen molar-refractivity contribution in [2.45, 2.75) is 37.8 Å². The molecular formula is C25H28N2O4. The quantitative estimate of drug-likeness (QED) is 0.704. The number of ketones is 1. The lowest BCUT2D eigenvalue weighted by atomic mass is 9.71. The zero-order valence-electron chi connectivity index (χ0n) is 17.7. The van der Waals surface area contributed by atoms with Gasteiger partial charge in [-0.25, -0.2) is 0 Å². The summed E-state index contributed by atoms with van der Waals surface area (Å²) in [6.07, 6.45) is 2.96. The Labute approximate surface area is 182 Å². The SMILES string of the molecule is COCC1CC(=O)NC2CC(NC(=O)c3ccccc3C(=O)c3ccccc3)CCC12. The van der Waals surface area contributed by atoms with Gasteiger partial charge in [0.2, 0.25) is 5.91 Å². The van der Waals surface area contributed by atoms with Gasteiger partial charge < -0.3 is 15.4 Å². The van der Waals surface area contributed by atoms with Crippen LogP contribution >= 0.6 is 0 Å². The topological polar surface area (TPSA) is 84.5 Å². The van der Waals surface area contributed by atoms with Crippen LogP contribution in [0.1, 0.15) is 52.0 Å². The first-order valence-electron chi connectivity index (χ1n) is 10.8. The zero-order valence-corrected chi connectivity index (χ0v) is 17.7. The molecule has 1 heterocycles. The molecule has 1 aliphatic heterocycles. The smallest absolute Gasteiger partial charge is 0.252 e. The largest absolute Gasteiger partial charge is 0.384 e. The number of hydrogen-bond acceptors (Lipinski definition) is 4. The van der Waals surface area contributed by atoms with Gasteiger partial charge >= 0.3 is 0 Å². The van der Waals surface area contributed by atoms with Crippen LogP contribution in [0.15, 0.2) is 54.6 Å². The molecule has 1 saturated heterocycles. The number of nitrogens with one attached hydrogen (secondary N) is 2. The lowest BCUT2D eigenvalue weighted by Gasteiger charge is -2.43. The van der Waals surface area contributed by atoms with Crippen LogP contribution in [0.2, 0.25) is 0 Å². The fraction of sp³-hybridized carbons (Fsp3) is 0.400. The Bertz CT molecular complexity index is 959. The van der Waals surface area contributed by atoms with Crippen molar-refractivity contribution in [3.8, 4) is 0 Å². The van der Waals surface area contributed by atoms with Crippen LogP contribution in [-0.2, 0) is 9.53 Å². The number of ether oxygens (including phenoxy) is 1. The van der Waals surface area contributed by atoms with Gasteiger partial charge in [0.1, 0.15) is 0 Å². The number of hydrogen-bond donors (Lipinski definition) is 2. The Morgan fingerprint density at radius 3 is 2.48 bits per heavy atom. The molecule has 2 aromatic carbocycles. The number of fused-ring (bicyclic) bond motifs is 1. The molecule has 31 heavy (non-hydrogen) atoms. The minimum absolute atomic E-state index is 0.0432. The minimum atomic E-state index is -0.251. The van der Waals surface area contributed by atoms with Gasteiger partial charge in [-0.05, 0) is 37.2 Å². The van der Waals surface area contributed by atoms with E-state index in [9.17, 15) is 14.4 Å². The van der Waals surface area contributed by atoms with E-state index in [0.29, 0.717) is 42.1 Å². The summed E-state index contributed by atoms with van der Waals surface area (Å²) in [4.78, 5) is 38.2. The molecule has 4 atom stereocenters. The van der Waals surface area contributed by atoms with Gasteiger partial charge in [-0.15, -0.1) is 0 Å². The molecule has 1 aliphatic carbocycles. The molecular weight excluding hydrogens is 392 g/mol. The van der Waals surface area contributed by atoms with Crippen molar-refractivity contribution in [1.82, 2.24) is 10.6 Å². The monoisotopic (exact) mass is 420 g/mol. The number of rotatable bonds is 6. The van der Waals surface area contributed by atoms with Gasteiger partial charge in [0, 0.05) is 43.3 Å². The Balaban J connectivity index is 1.46. The highest BCUT2D eigenvalue weighted by Crippen LogP contribution is 2.35. The summed E-state index contributed by atoms with van der Waals surface area (Å²) in [5.74, 6) is 0.229. The van der Waals surface area contributed by atoms with Crippen molar-refractivity contribution in [1.29, 1.82) is 0 Å². The molecule has 4 rings (SSSR count). The Hall–Kier alpha value is -2.99. The molecule has 2 aromatic rings. The highest BCUT2D eigenvalue weighted by molar-refractivity contribution is 6.15. The second-order valence-electron chi connectivity index (χ2n) is 8.48. The molecule has 2 fully saturated rings. The van der Waals surface area contributed by atoms with E-state index in [0.717, 1.165) is 12.8 Å². The van der Waals surface area contributed by atoms with Crippen molar-refractivity contribution in [2.75, 3.05) is 13.7 Å². The Morgan fingerprint density at radius 2 is 1.74 bits per heavy atom. The minimum Gasteiger partial charge on any atom is -0.384 e. The van der Waals surface area contributed by atoms with E-state index >= 15 is 0 Å². The number of carbonyl (C=O) groups is 3. The number of methoxy groups -OCH3 is 1. The van der Waals surface area contributed by atoms with E-state index in [2.05, 4.69) is 10.6 Å². The maximum atomic E-state index is 13.1. The normalized spacial score (nSPS) is 25.3. The van der Waals surface area contributed by atoms with E-state index in [4.69, 9.17) is 4.74 Å². The molecule has 0 spiro atoms. The highest BCUT2D eigenvalue weighted by atomic mass is 16.5. The first-order chi connectivity index (χ1) is 15.1. The average molecular weight is 421 g/mol. The van der Waals surface area contributed by atoms with Crippen molar-refractivity contribution in [2.24, 2.45) is 11.8 Å². The summed E-state index contributed by atoms with van der Waals surface area (Å²) >= 11 is 0. The molecule has 6 heteroatoms. The number of amides is 2. The van der Waals surface area contributed by atoms with Crippen molar-refractivity contribution in [3.05, 3.63) is 71.3 Å². The van der Waals surface area contributed by atoms with Gasteiger partial charge in [0.05, 0.1) is 5.56 Å². The number of piperidine rings is 1. The van der Waals surface area contributed by atoms with Gasteiger partial charge in [0.25, 0.3) is 5.91 Å². The average Bonchev–Trinajstić information content (AvgIpc) is 2.79. The predicted octanol–water partition coefficient (Wildman–Crippen LogP) is 2.97. The summed E-state index contributed by atoms with van der Waals surface area (Å²) in [5, 5.41) is 6.20. The van der Waals surface area contributed by atoms with Gasteiger partial charge in [-0.3, -0.25) is 14.4 Å². The molecule has 1 saturated carbocycles. The van der Waals surface area contributed by atoms with Crippen LogP contribution in [0.4, 0.5) is 0 Å². The second-order valence-corrected chi connectivity index (χ2v) is 8.48. The third kappa shape index (κ3) is 4.69. The molecule has 6 nitrogen and oxygen atoms in total. The lowest BCUT2D eigenvalue weighted by molar-refractivity contribution is -0.128. The van der Waals surface area contributed by atoms with E-state index in [1.54, 1.807) is 43.5 Å². The maximum Gasteiger partial charge on any atom is 0.252 e. The van der Waals surface area contributed by atoms with Crippen LogP contribution in [-0.4, -0.2) is 43.4 Å². The van der Waals surface area contributed by atoms with Crippen LogP contribution < -0.4 is 10.6 Å². The Morgan fingerprint density at radius 1 is 1.03 bits per heavy atom. The first kappa shape index (κ1) is 21.2. The summed E-state index contributed by atoms with van der Waals surface area (Å²) in [6.45, 7) is 0.584. The fourth-order valence-electron chi connectivity index (χ4n) is 4.99. The van der Waals surface area contributed by atoms with Gasteiger partial charge in [-0.2, -0.15) is 0 Å². The third-order valence-electron chi connectivity index (χ3n) is 6.47. The molecule has 4 unspecified atom stereocenters. The zero-order chi connectivity index (χ0) is 21.8. The summed E-state index contributed by atoms with van der Waals surface area (Å²) in [5.41, 5.74) is 1.33. The standard InChI is InChI=1S/C25H28N2O4/c1-31-15-17-13-23(28)27-22-14-18(11-12-19(17)22)26-25(30)21-10-6-5-9-20(21)24(29)16-7-3-2-4-8-16/h2-10,17-19,22H,11-15H2,1H3,(H,26,30)(H,27,28). The molecule has 0 aromatic heterocycles. The molecule has 0 radical (unpaired) electrons. The highest BCUT2D eigenvalue weighted by Gasteiger charge is 2.41. The first-order valence-corrected chi connectivity index (χ1v) is 10.8. The van der Waals surface area contributed by atoms with E-state index < -0.39 is 0 Å². The molecule has 2 aliphatic rings. The number of benzene rings is 2. The fourth-order valence-corrected chi connectivity index (χ4v) is 4.99.